The van der Waals surface area contributed by atoms with Crippen molar-refractivity contribution in [2.75, 3.05) is 12.3 Å². The molecule has 0 radical (unpaired) electrons. The Labute approximate surface area is 170 Å². The smallest absolute Gasteiger partial charge is 0.334 e. The number of allylic oxidation sites excluding steroid dienone is 2. The summed E-state index contributed by atoms with van der Waals surface area (Å²) in [6, 6.07) is 6.65. The van der Waals surface area contributed by atoms with Crippen LogP contribution in [0.3, 0.4) is 0 Å². The van der Waals surface area contributed by atoms with Gasteiger partial charge in [0.05, 0.1) is 5.57 Å². The second-order valence-corrected chi connectivity index (χ2v) is 9.54. The number of benzene rings is 1. The topological polar surface area (TPSA) is 40.5 Å². The molecule has 28 heavy (non-hydrogen) atoms. The zero-order valence-corrected chi connectivity index (χ0v) is 16.9. The van der Waals surface area contributed by atoms with Gasteiger partial charge in [-0.3, -0.25) is 0 Å². The summed E-state index contributed by atoms with van der Waals surface area (Å²) in [6.45, 7) is 0.970. The van der Waals surface area contributed by atoms with E-state index in [1.165, 1.54) is 37.8 Å². The van der Waals surface area contributed by atoms with Crippen molar-refractivity contribution in [2.45, 2.75) is 43.9 Å². The van der Waals surface area contributed by atoms with E-state index in [-0.39, 0.29) is 11.2 Å². The van der Waals surface area contributed by atoms with E-state index in [2.05, 4.69) is 11.1 Å². The molecule has 4 unspecified atom stereocenters. The van der Waals surface area contributed by atoms with Gasteiger partial charge in [-0.1, -0.05) is 18.6 Å². The zero-order valence-electron chi connectivity index (χ0n) is 16.1. The molecule has 2 saturated carbocycles. The summed E-state index contributed by atoms with van der Waals surface area (Å²) in [5, 5.41) is 9.56. The van der Waals surface area contributed by atoms with E-state index in [0.717, 1.165) is 42.5 Å². The lowest BCUT2D eigenvalue weighted by Crippen LogP contribution is -2.39. The fraction of sp³-hybridized carbons (Fsp3) is 0.522. The zero-order chi connectivity index (χ0) is 19.5. The molecule has 150 valence electrons. The van der Waals surface area contributed by atoms with Gasteiger partial charge in [-0.25, -0.2) is 9.18 Å². The number of hydrogen-bond donors (Lipinski definition) is 1. The van der Waals surface area contributed by atoms with E-state index < -0.39 is 5.97 Å². The summed E-state index contributed by atoms with van der Waals surface area (Å²) in [7, 11) is 0. The number of rotatable bonds is 8. The third-order valence-corrected chi connectivity index (χ3v) is 7.86. The minimum absolute atomic E-state index is 0.116. The molecule has 4 rings (SSSR count). The number of aryl methyl sites for hydroxylation is 1. The van der Waals surface area contributed by atoms with E-state index >= 15 is 0 Å². The van der Waals surface area contributed by atoms with Crippen molar-refractivity contribution in [1.29, 1.82) is 0 Å². The van der Waals surface area contributed by atoms with E-state index in [1.807, 2.05) is 18.2 Å². The lowest BCUT2D eigenvalue weighted by atomic mass is 9.88. The third kappa shape index (κ3) is 4.45. The number of carboxylic acids is 1. The SMILES string of the molecule is O=C(O)C1=CC=CN(CC2CC3CCC2C3)C1SCCCc1ccc(F)cc1. The lowest BCUT2D eigenvalue weighted by Gasteiger charge is -2.36. The first-order valence-electron chi connectivity index (χ1n) is 10.3. The maximum absolute atomic E-state index is 13.0. The van der Waals surface area contributed by atoms with Crippen LogP contribution in [-0.2, 0) is 11.2 Å². The van der Waals surface area contributed by atoms with E-state index in [1.54, 1.807) is 17.8 Å². The van der Waals surface area contributed by atoms with Crippen LogP contribution in [0.1, 0.15) is 37.7 Å². The van der Waals surface area contributed by atoms with E-state index in [9.17, 15) is 14.3 Å². The van der Waals surface area contributed by atoms with E-state index in [0.29, 0.717) is 11.5 Å². The second kappa shape index (κ2) is 8.73. The van der Waals surface area contributed by atoms with Crippen molar-refractivity contribution in [3.63, 3.8) is 0 Å². The van der Waals surface area contributed by atoms with Crippen LogP contribution in [-0.4, -0.2) is 33.6 Å². The monoisotopic (exact) mass is 401 g/mol. The van der Waals surface area contributed by atoms with Gasteiger partial charge < -0.3 is 10.0 Å². The summed E-state index contributed by atoms with van der Waals surface area (Å²) >= 11 is 1.72. The molecular formula is C23H28FNO2S. The third-order valence-electron chi connectivity index (χ3n) is 6.50. The molecule has 1 aliphatic heterocycles. The average Bonchev–Trinajstić information content (AvgIpc) is 3.30. The first kappa shape index (κ1) is 19.6. The second-order valence-electron chi connectivity index (χ2n) is 8.35. The summed E-state index contributed by atoms with van der Waals surface area (Å²) in [6.07, 6.45) is 13.0. The number of hydrogen-bond acceptors (Lipinski definition) is 3. The van der Waals surface area contributed by atoms with Gasteiger partial charge in [0, 0.05) is 12.7 Å². The molecule has 2 aliphatic carbocycles. The van der Waals surface area contributed by atoms with Gasteiger partial charge in [0.15, 0.2) is 0 Å². The lowest BCUT2D eigenvalue weighted by molar-refractivity contribution is -0.133. The van der Waals surface area contributed by atoms with Gasteiger partial charge in [-0.2, -0.15) is 0 Å². The minimum Gasteiger partial charge on any atom is -0.478 e. The van der Waals surface area contributed by atoms with Gasteiger partial charge in [0.2, 0.25) is 0 Å². The highest BCUT2D eigenvalue weighted by molar-refractivity contribution is 8.00. The van der Waals surface area contributed by atoms with Crippen molar-refractivity contribution in [2.24, 2.45) is 17.8 Å². The molecule has 1 heterocycles. The first-order chi connectivity index (χ1) is 13.6. The standard InChI is InChI=1S/C23H28FNO2S/c24-20-9-6-16(7-10-20)3-2-12-28-22-21(23(26)27)4-1-11-25(22)15-19-14-17-5-8-18(19)13-17/h1,4,6-7,9-11,17-19,22H,2-3,5,8,12-15H2,(H,26,27). The molecule has 1 aromatic carbocycles. The fourth-order valence-corrected chi connectivity index (χ4v) is 6.35. The Kier molecular flexibility index (Phi) is 6.10. The van der Waals surface area contributed by atoms with Crippen LogP contribution in [0.5, 0.6) is 0 Å². The van der Waals surface area contributed by atoms with Gasteiger partial charge in [-0.15, -0.1) is 11.8 Å². The molecule has 0 spiro atoms. The fourth-order valence-electron chi connectivity index (χ4n) is 5.11. The van der Waals surface area contributed by atoms with Crippen LogP contribution < -0.4 is 0 Å². The molecule has 0 aromatic heterocycles. The molecule has 1 aromatic rings. The molecular weight excluding hydrogens is 373 g/mol. The Morgan fingerprint density at radius 1 is 1.21 bits per heavy atom. The van der Waals surface area contributed by atoms with Crippen molar-refractivity contribution in [1.82, 2.24) is 4.90 Å². The maximum Gasteiger partial charge on any atom is 0.334 e. The number of carbonyl (C=O) groups is 1. The highest BCUT2D eigenvalue weighted by atomic mass is 32.2. The molecule has 1 N–H and O–H groups in total. The predicted octanol–water partition coefficient (Wildman–Crippen LogP) is 5.09. The number of nitrogens with zero attached hydrogens (tertiary/aromatic N) is 1. The van der Waals surface area contributed by atoms with E-state index in [4.69, 9.17) is 0 Å². The average molecular weight is 402 g/mol. The quantitative estimate of drug-likeness (QED) is 0.616. The van der Waals surface area contributed by atoms with Crippen LogP contribution in [0.15, 0.2) is 48.2 Å². The molecule has 0 amide bonds. The summed E-state index contributed by atoms with van der Waals surface area (Å²) in [4.78, 5) is 14.0. The first-order valence-corrected chi connectivity index (χ1v) is 11.4. The van der Waals surface area contributed by atoms with Crippen LogP contribution in [0.25, 0.3) is 0 Å². The predicted molar refractivity (Wildman–Crippen MR) is 111 cm³/mol. The largest absolute Gasteiger partial charge is 0.478 e. The molecule has 3 aliphatic rings. The minimum atomic E-state index is -0.821. The Hall–Kier alpha value is -1.75. The number of fused-ring (bicyclic) bond motifs is 2. The molecule has 5 heteroatoms. The molecule has 4 atom stereocenters. The van der Waals surface area contributed by atoms with Crippen LogP contribution in [0.2, 0.25) is 0 Å². The number of halogens is 1. The van der Waals surface area contributed by atoms with Crippen molar-refractivity contribution >= 4 is 17.7 Å². The maximum atomic E-state index is 13.0. The van der Waals surface area contributed by atoms with Crippen molar-refractivity contribution in [3.05, 3.63) is 59.6 Å². The molecule has 3 nitrogen and oxygen atoms in total. The van der Waals surface area contributed by atoms with Gasteiger partial charge in [-0.05, 0) is 85.5 Å². The van der Waals surface area contributed by atoms with Crippen molar-refractivity contribution < 1.29 is 14.3 Å². The summed E-state index contributed by atoms with van der Waals surface area (Å²) in [5.41, 5.74) is 1.61. The Morgan fingerprint density at radius 2 is 2.04 bits per heavy atom. The molecule has 2 bridgehead atoms. The highest BCUT2D eigenvalue weighted by Crippen LogP contribution is 2.49. The number of aliphatic carboxylic acids is 1. The Morgan fingerprint density at radius 3 is 2.71 bits per heavy atom. The van der Waals surface area contributed by atoms with Crippen LogP contribution >= 0.6 is 11.8 Å². The van der Waals surface area contributed by atoms with Gasteiger partial charge in [0.1, 0.15) is 11.2 Å². The molecule has 2 fully saturated rings. The number of thioether (sulfide) groups is 1. The highest BCUT2D eigenvalue weighted by Gasteiger charge is 2.41. The summed E-state index contributed by atoms with van der Waals surface area (Å²) in [5.74, 6) is 2.30. The van der Waals surface area contributed by atoms with Crippen LogP contribution in [0.4, 0.5) is 4.39 Å². The normalized spacial score (nSPS) is 28.6. The Balaban J connectivity index is 1.34. The van der Waals surface area contributed by atoms with Crippen LogP contribution in [0, 0.1) is 23.6 Å². The van der Waals surface area contributed by atoms with Gasteiger partial charge >= 0.3 is 5.97 Å². The van der Waals surface area contributed by atoms with Gasteiger partial charge in [0.25, 0.3) is 0 Å². The Bertz CT molecular complexity index is 760. The molecule has 0 saturated heterocycles. The number of carboxylic acid groups (broad SMARTS) is 1. The summed E-state index contributed by atoms with van der Waals surface area (Å²) < 4.78 is 13.0. The van der Waals surface area contributed by atoms with Crippen molar-refractivity contribution in [3.8, 4) is 0 Å².